The standard InChI is InChI=1S/C8H13NO2.ClH/c1-9-5-2-4(10)3-6(9)8-7(5)11-8;/h4-8,10H,2-3H2,1H3;1H/t4?,5-,6?,7+,8?;/m1./s1. The first-order valence-corrected chi connectivity index (χ1v) is 4.33. The average Bonchev–Trinajstić information content (AvgIpc) is 2.66. The predicted octanol–water partition coefficient (Wildman–Crippen LogP) is 0.0129. The maximum Gasteiger partial charge on any atom is 0.101 e. The monoisotopic (exact) mass is 191 g/mol. The lowest BCUT2D eigenvalue weighted by Crippen LogP contribution is -2.46. The van der Waals surface area contributed by atoms with Crippen molar-refractivity contribution in [2.75, 3.05) is 7.05 Å². The Kier molecular flexibility index (Phi) is 1.88. The van der Waals surface area contributed by atoms with Gasteiger partial charge in [0.2, 0.25) is 0 Å². The van der Waals surface area contributed by atoms with Gasteiger partial charge in [-0.05, 0) is 19.9 Å². The molecule has 12 heavy (non-hydrogen) atoms. The first-order valence-electron chi connectivity index (χ1n) is 4.33. The van der Waals surface area contributed by atoms with E-state index in [2.05, 4.69) is 11.9 Å². The number of fused-ring (bicyclic) bond motifs is 5. The highest BCUT2D eigenvalue weighted by Crippen LogP contribution is 2.47. The molecular formula is C8H14ClNO2. The third kappa shape index (κ3) is 0.940. The molecule has 3 aliphatic rings. The number of aliphatic hydroxyl groups excluding tert-OH is 1. The van der Waals surface area contributed by atoms with Gasteiger partial charge in [0.15, 0.2) is 0 Å². The Morgan fingerprint density at radius 2 is 1.75 bits per heavy atom. The Labute approximate surface area is 78.1 Å². The van der Waals surface area contributed by atoms with Gasteiger partial charge in [-0.15, -0.1) is 12.4 Å². The second kappa shape index (κ2) is 2.58. The zero-order valence-corrected chi connectivity index (χ0v) is 7.83. The van der Waals surface area contributed by atoms with Crippen molar-refractivity contribution in [1.82, 2.24) is 4.90 Å². The van der Waals surface area contributed by atoms with E-state index in [9.17, 15) is 5.11 Å². The third-order valence-electron chi connectivity index (χ3n) is 3.39. The maximum absolute atomic E-state index is 9.46. The molecule has 0 aromatic heterocycles. The molecule has 0 amide bonds. The van der Waals surface area contributed by atoms with Crippen molar-refractivity contribution >= 4 is 12.4 Å². The van der Waals surface area contributed by atoms with Crippen LogP contribution in [0.4, 0.5) is 0 Å². The van der Waals surface area contributed by atoms with E-state index in [1.54, 1.807) is 0 Å². The minimum Gasteiger partial charge on any atom is -0.393 e. The van der Waals surface area contributed by atoms with Gasteiger partial charge in [-0.1, -0.05) is 0 Å². The number of rotatable bonds is 0. The number of aliphatic hydroxyl groups is 1. The molecule has 3 fully saturated rings. The summed E-state index contributed by atoms with van der Waals surface area (Å²) in [6, 6.07) is 1.02. The van der Waals surface area contributed by atoms with E-state index in [0.29, 0.717) is 24.3 Å². The van der Waals surface area contributed by atoms with Gasteiger partial charge in [-0.2, -0.15) is 0 Å². The summed E-state index contributed by atoms with van der Waals surface area (Å²) in [6.07, 6.45) is 2.67. The van der Waals surface area contributed by atoms with E-state index >= 15 is 0 Å². The number of epoxide rings is 1. The van der Waals surface area contributed by atoms with Gasteiger partial charge in [0.25, 0.3) is 0 Å². The van der Waals surface area contributed by atoms with Crippen LogP contribution in [-0.2, 0) is 4.74 Å². The number of nitrogens with zero attached hydrogens (tertiary/aromatic N) is 1. The second-order valence-electron chi connectivity index (χ2n) is 3.99. The summed E-state index contributed by atoms with van der Waals surface area (Å²) in [7, 11) is 2.15. The molecule has 4 heteroatoms. The molecule has 0 aromatic carbocycles. The van der Waals surface area contributed by atoms with Crippen molar-refractivity contribution in [3.05, 3.63) is 0 Å². The molecule has 3 rings (SSSR count). The minimum atomic E-state index is -0.0717. The first kappa shape index (κ1) is 8.75. The fourth-order valence-corrected chi connectivity index (χ4v) is 2.72. The number of likely N-dealkylation sites (N-methyl/N-ethyl adjacent to an activating group) is 1. The Bertz CT molecular complexity index is 183. The Balaban J connectivity index is 0.000000563. The second-order valence-corrected chi connectivity index (χ2v) is 3.99. The molecule has 3 saturated heterocycles. The molecule has 0 aromatic rings. The van der Waals surface area contributed by atoms with Crippen LogP contribution in [0.15, 0.2) is 0 Å². The summed E-state index contributed by atoms with van der Waals surface area (Å²) in [5, 5.41) is 9.46. The highest BCUT2D eigenvalue weighted by Gasteiger charge is 2.62. The fraction of sp³-hybridized carbons (Fsp3) is 1.00. The number of hydrogen-bond donors (Lipinski definition) is 1. The summed E-state index contributed by atoms with van der Waals surface area (Å²) in [6.45, 7) is 0. The number of piperidine rings is 1. The molecule has 3 nitrogen and oxygen atoms in total. The largest absolute Gasteiger partial charge is 0.393 e. The van der Waals surface area contributed by atoms with Gasteiger partial charge >= 0.3 is 0 Å². The summed E-state index contributed by atoms with van der Waals surface area (Å²) in [5.74, 6) is 0. The number of hydrogen-bond acceptors (Lipinski definition) is 3. The fourth-order valence-electron chi connectivity index (χ4n) is 2.72. The minimum absolute atomic E-state index is 0. The van der Waals surface area contributed by atoms with Crippen LogP contribution in [0.2, 0.25) is 0 Å². The lowest BCUT2D eigenvalue weighted by atomic mass is 10.00. The van der Waals surface area contributed by atoms with Crippen molar-refractivity contribution < 1.29 is 9.84 Å². The van der Waals surface area contributed by atoms with Crippen molar-refractivity contribution in [3.8, 4) is 0 Å². The average molecular weight is 192 g/mol. The van der Waals surface area contributed by atoms with Crippen LogP contribution in [0.3, 0.4) is 0 Å². The molecule has 3 heterocycles. The number of ether oxygens (including phenoxy) is 1. The lowest BCUT2D eigenvalue weighted by Gasteiger charge is -2.36. The maximum atomic E-state index is 9.46. The molecule has 0 spiro atoms. The van der Waals surface area contributed by atoms with Gasteiger partial charge in [0.05, 0.1) is 6.10 Å². The normalized spacial score (nSPS) is 56.0. The van der Waals surface area contributed by atoms with E-state index in [1.165, 1.54) is 0 Å². The van der Waals surface area contributed by atoms with Gasteiger partial charge < -0.3 is 9.84 Å². The molecule has 1 N–H and O–H groups in total. The summed E-state index contributed by atoms with van der Waals surface area (Å²) < 4.78 is 5.49. The molecule has 2 bridgehead atoms. The van der Waals surface area contributed by atoms with E-state index in [4.69, 9.17) is 4.74 Å². The zero-order valence-electron chi connectivity index (χ0n) is 7.01. The Morgan fingerprint density at radius 1 is 1.25 bits per heavy atom. The van der Waals surface area contributed by atoms with Crippen LogP contribution in [-0.4, -0.2) is 47.4 Å². The molecule has 0 saturated carbocycles. The molecule has 70 valence electrons. The van der Waals surface area contributed by atoms with Crippen LogP contribution in [0.25, 0.3) is 0 Å². The van der Waals surface area contributed by atoms with Crippen molar-refractivity contribution in [2.45, 2.75) is 43.2 Å². The van der Waals surface area contributed by atoms with E-state index in [1.807, 2.05) is 0 Å². The third-order valence-corrected chi connectivity index (χ3v) is 3.39. The topological polar surface area (TPSA) is 36.0 Å². The molecular weight excluding hydrogens is 178 g/mol. The number of morpholine rings is 1. The smallest absolute Gasteiger partial charge is 0.101 e. The SMILES string of the molecule is CN1C2CC(O)C[C@@H]1[C@@H]1OC21.Cl. The van der Waals surface area contributed by atoms with Crippen LogP contribution in [0.5, 0.6) is 0 Å². The highest BCUT2D eigenvalue weighted by molar-refractivity contribution is 5.85. The van der Waals surface area contributed by atoms with Crippen LogP contribution in [0.1, 0.15) is 12.8 Å². The quantitative estimate of drug-likeness (QED) is 0.549. The first-order chi connectivity index (χ1) is 5.27. The van der Waals surface area contributed by atoms with E-state index < -0.39 is 0 Å². The van der Waals surface area contributed by atoms with Crippen LogP contribution >= 0.6 is 12.4 Å². The van der Waals surface area contributed by atoms with Crippen molar-refractivity contribution in [3.63, 3.8) is 0 Å². The van der Waals surface area contributed by atoms with Crippen molar-refractivity contribution in [1.29, 1.82) is 0 Å². The Hall–Kier alpha value is 0.170. The molecule has 3 aliphatic heterocycles. The Morgan fingerprint density at radius 3 is 2.25 bits per heavy atom. The zero-order chi connectivity index (χ0) is 7.59. The van der Waals surface area contributed by atoms with Gasteiger partial charge in [0.1, 0.15) is 12.2 Å². The van der Waals surface area contributed by atoms with Crippen molar-refractivity contribution in [2.24, 2.45) is 0 Å². The van der Waals surface area contributed by atoms with Gasteiger partial charge in [0, 0.05) is 12.1 Å². The molecule has 5 atom stereocenters. The summed E-state index contributed by atoms with van der Waals surface area (Å²) >= 11 is 0. The van der Waals surface area contributed by atoms with Crippen LogP contribution in [0, 0.1) is 0 Å². The van der Waals surface area contributed by atoms with E-state index in [0.717, 1.165) is 12.8 Å². The molecule has 3 unspecified atom stereocenters. The lowest BCUT2D eigenvalue weighted by molar-refractivity contribution is 0.00149. The summed E-state index contributed by atoms with van der Waals surface area (Å²) in [4.78, 5) is 2.38. The van der Waals surface area contributed by atoms with Gasteiger partial charge in [-0.3, -0.25) is 4.90 Å². The molecule has 0 radical (unpaired) electrons. The highest BCUT2D eigenvalue weighted by atomic mass is 35.5. The summed E-state index contributed by atoms with van der Waals surface area (Å²) in [5.41, 5.74) is 0. The molecule has 0 aliphatic carbocycles. The van der Waals surface area contributed by atoms with Crippen LogP contribution < -0.4 is 0 Å². The predicted molar refractivity (Wildman–Crippen MR) is 46.5 cm³/mol. The van der Waals surface area contributed by atoms with Gasteiger partial charge in [-0.25, -0.2) is 0 Å². The van der Waals surface area contributed by atoms with E-state index in [-0.39, 0.29) is 18.5 Å². The number of halogens is 1.